The fraction of sp³-hybridized carbons (Fsp3) is 0.125. The average molecular weight is 302 g/mol. The van der Waals surface area contributed by atoms with E-state index < -0.39 is 17.8 Å². The van der Waals surface area contributed by atoms with E-state index in [4.69, 9.17) is 4.74 Å². The van der Waals surface area contributed by atoms with E-state index >= 15 is 0 Å². The third-order valence-corrected chi connectivity index (χ3v) is 2.71. The highest BCUT2D eigenvalue weighted by Gasteiger charge is 2.07. The van der Waals surface area contributed by atoms with Crippen molar-refractivity contribution >= 4 is 17.7 Å². The first-order valence-electron chi connectivity index (χ1n) is 6.63. The highest BCUT2D eigenvalue weighted by molar-refractivity contribution is 5.93. The summed E-state index contributed by atoms with van der Waals surface area (Å²) < 4.78 is 17.9. The van der Waals surface area contributed by atoms with Gasteiger partial charge in [0.1, 0.15) is 19.0 Å². The molecule has 0 fully saturated rings. The summed E-state index contributed by atoms with van der Waals surface area (Å²) in [7, 11) is 0. The standard InChI is InChI=1S/C16H15FN2O3/c17-13-7-4-8-14(9-13)19-15(20)10-18-16(21)22-11-12-5-2-1-3-6-12/h1-9H,10-11H2,(H,18,21)(H,19,20). The first-order chi connectivity index (χ1) is 10.6. The van der Waals surface area contributed by atoms with E-state index in [9.17, 15) is 14.0 Å². The summed E-state index contributed by atoms with van der Waals surface area (Å²) >= 11 is 0. The van der Waals surface area contributed by atoms with Crippen LogP contribution in [0, 0.1) is 5.82 Å². The number of alkyl carbamates (subject to hydrolysis) is 1. The van der Waals surface area contributed by atoms with E-state index in [2.05, 4.69) is 10.6 Å². The lowest BCUT2D eigenvalue weighted by Crippen LogP contribution is -2.33. The topological polar surface area (TPSA) is 67.4 Å². The SMILES string of the molecule is O=C(CNC(=O)OCc1ccccc1)Nc1cccc(F)c1. The van der Waals surface area contributed by atoms with Gasteiger partial charge in [0.05, 0.1) is 0 Å². The Morgan fingerprint density at radius 2 is 1.82 bits per heavy atom. The number of benzene rings is 2. The zero-order valence-electron chi connectivity index (χ0n) is 11.7. The molecule has 0 aromatic heterocycles. The number of hydrogen-bond acceptors (Lipinski definition) is 3. The second-order valence-electron chi connectivity index (χ2n) is 4.47. The molecule has 2 N–H and O–H groups in total. The molecule has 0 radical (unpaired) electrons. The maximum absolute atomic E-state index is 13.0. The van der Waals surface area contributed by atoms with Gasteiger partial charge in [-0.1, -0.05) is 36.4 Å². The summed E-state index contributed by atoms with van der Waals surface area (Å²) in [5, 5.41) is 4.78. The normalized spacial score (nSPS) is 9.86. The molecule has 0 aliphatic rings. The van der Waals surface area contributed by atoms with Gasteiger partial charge in [0.15, 0.2) is 0 Å². The van der Waals surface area contributed by atoms with Crippen LogP contribution in [0.15, 0.2) is 54.6 Å². The van der Waals surface area contributed by atoms with Crippen molar-refractivity contribution in [2.45, 2.75) is 6.61 Å². The average Bonchev–Trinajstić information content (AvgIpc) is 2.52. The third-order valence-electron chi connectivity index (χ3n) is 2.71. The molecule has 114 valence electrons. The van der Waals surface area contributed by atoms with Crippen LogP contribution in [0.25, 0.3) is 0 Å². The highest BCUT2D eigenvalue weighted by Crippen LogP contribution is 2.08. The molecule has 0 aliphatic carbocycles. The molecule has 0 saturated heterocycles. The predicted molar refractivity (Wildman–Crippen MR) is 79.7 cm³/mol. The quantitative estimate of drug-likeness (QED) is 0.892. The molecule has 0 atom stereocenters. The number of hydrogen-bond donors (Lipinski definition) is 2. The van der Waals surface area contributed by atoms with Crippen molar-refractivity contribution in [2.75, 3.05) is 11.9 Å². The molecule has 2 aromatic carbocycles. The van der Waals surface area contributed by atoms with Gasteiger partial charge in [-0.05, 0) is 23.8 Å². The molecule has 22 heavy (non-hydrogen) atoms. The Kier molecular flexibility index (Phi) is 5.48. The van der Waals surface area contributed by atoms with Crippen molar-refractivity contribution in [1.82, 2.24) is 5.32 Å². The van der Waals surface area contributed by atoms with Crippen molar-refractivity contribution in [3.8, 4) is 0 Å². The Balaban J connectivity index is 1.70. The summed E-state index contributed by atoms with van der Waals surface area (Å²) in [6.07, 6.45) is -0.696. The van der Waals surface area contributed by atoms with E-state index in [-0.39, 0.29) is 13.2 Å². The Morgan fingerprint density at radius 3 is 2.55 bits per heavy atom. The van der Waals surface area contributed by atoms with Crippen LogP contribution in [-0.4, -0.2) is 18.5 Å². The van der Waals surface area contributed by atoms with Crippen LogP contribution in [0.2, 0.25) is 0 Å². The van der Waals surface area contributed by atoms with Crippen LogP contribution in [0.5, 0.6) is 0 Å². The first kappa shape index (κ1) is 15.5. The largest absolute Gasteiger partial charge is 0.445 e. The molecule has 0 aliphatic heterocycles. The number of anilines is 1. The maximum Gasteiger partial charge on any atom is 0.407 e. The lowest BCUT2D eigenvalue weighted by molar-refractivity contribution is -0.115. The van der Waals surface area contributed by atoms with Gasteiger partial charge in [0.25, 0.3) is 0 Å². The molecule has 2 aromatic rings. The predicted octanol–water partition coefficient (Wildman–Crippen LogP) is 2.69. The van der Waals surface area contributed by atoms with Crippen molar-refractivity contribution in [3.63, 3.8) is 0 Å². The summed E-state index contributed by atoms with van der Waals surface area (Å²) in [5.41, 5.74) is 1.17. The lowest BCUT2D eigenvalue weighted by Gasteiger charge is -2.08. The molecular weight excluding hydrogens is 287 g/mol. The van der Waals surface area contributed by atoms with Gasteiger partial charge in [-0.2, -0.15) is 0 Å². The minimum Gasteiger partial charge on any atom is -0.445 e. The van der Waals surface area contributed by atoms with Crippen LogP contribution in [0.4, 0.5) is 14.9 Å². The molecule has 0 unspecified atom stereocenters. The van der Waals surface area contributed by atoms with Gasteiger partial charge in [0.2, 0.25) is 5.91 Å². The number of carbonyl (C=O) groups excluding carboxylic acids is 2. The van der Waals surface area contributed by atoms with Crippen molar-refractivity contribution in [3.05, 3.63) is 66.0 Å². The minimum atomic E-state index is -0.696. The van der Waals surface area contributed by atoms with Gasteiger partial charge in [-0.25, -0.2) is 9.18 Å². The van der Waals surface area contributed by atoms with E-state index in [1.807, 2.05) is 30.3 Å². The maximum atomic E-state index is 13.0. The zero-order chi connectivity index (χ0) is 15.8. The molecule has 6 heteroatoms. The Hall–Kier alpha value is -2.89. The summed E-state index contributed by atoms with van der Waals surface area (Å²) in [6, 6.07) is 14.7. The van der Waals surface area contributed by atoms with E-state index in [0.29, 0.717) is 5.69 Å². The van der Waals surface area contributed by atoms with Gasteiger partial charge >= 0.3 is 6.09 Å². The third kappa shape index (κ3) is 5.24. The molecule has 2 amide bonds. The second-order valence-corrected chi connectivity index (χ2v) is 4.47. The highest BCUT2D eigenvalue weighted by atomic mass is 19.1. The molecule has 0 heterocycles. The molecule has 0 spiro atoms. The van der Waals surface area contributed by atoms with Crippen LogP contribution < -0.4 is 10.6 Å². The Morgan fingerprint density at radius 1 is 1.05 bits per heavy atom. The molecule has 0 bridgehead atoms. The van der Waals surface area contributed by atoms with E-state index in [1.54, 1.807) is 6.07 Å². The molecule has 0 saturated carbocycles. The number of amides is 2. The number of rotatable bonds is 5. The van der Waals surface area contributed by atoms with Gasteiger partial charge in [0, 0.05) is 5.69 Å². The van der Waals surface area contributed by atoms with E-state index in [0.717, 1.165) is 5.56 Å². The van der Waals surface area contributed by atoms with E-state index in [1.165, 1.54) is 18.2 Å². The molecule has 5 nitrogen and oxygen atoms in total. The Labute approximate surface area is 127 Å². The smallest absolute Gasteiger partial charge is 0.407 e. The van der Waals surface area contributed by atoms with Crippen molar-refractivity contribution < 1.29 is 18.7 Å². The zero-order valence-corrected chi connectivity index (χ0v) is 11.7. The van der Waals surface area contributed by atoms with Crippen LogP contribution in [-0.2, 0) is 16.1 Å². The van der Waals surface area contributed by atoms with Crippen molar-refractivity contribution in [1.29, 1.82) is 0 Å². The van der Waals surface area contributed by atoms with Gasteiger partial charge < -0.3 is 15.4 Å². The van der Waals surface area contributed by atoms with Gasteiger partial charge in [-0.3, -0.25) is 4.79 Å². The van der Waals surface area contributed by atoms with Crippen LogP contribution >= 0.6 is 0 Å². The van der Waals surface area contributed by atoms with Crippen molar-refractivity contribution in [2.24, 2.45) is 0 Å². The number of nitrogens with one attached hydrogen (secondary N) is 2. The fourth-order valence-corrected chi connectivity index (χ4v) is 1.70. The number of ether oxygens (including phenoxy) is 1. The number of carbonyl (C=O) groups is 2. The first-order valence-corrected chi connectivity index (χ1v) is 6.63. The minimum absolute atomic E-state index is 0.123. The number of halogens is 1. The molecule has 2 rings (SSSR count). The van der Waals surface area contributed by atoms with Crippen LogP contribution in [0.1, 0.15) is 5.56 Å². The Bertz CT molecular complexity index is 647. The second kappa shape index (κ2) is 7.78. The summed E-state index contributed by atoms with van der Waals surface area (Å²) in [5.74, 6) is -0.921. The van der Waals surface area contributed by atoms with Gasteiger partial charge in [-0.15, -0.1) is 0 Å². The van der Waals surface area contributed by atoms with Crippen LogP contribution in [0.3, 0.4) is 0 Å². The monoisotopic (exact) mass is 302 g/mol. The lowest BCUT2D eigenvalue weighted by atomic mass is 10.2. The molecular formula is C16H15FN2O3. The summed E-state index contributed by atoms with van der Waals surface area (Å²) in [6.45, 7) is -0.137. The fourth-order valence-electron chi connectivity index (χ4n) is 1.70. The summed E-state index contributed by atoms with van der Waals surface area (Å²) in [4.78, 5) is 23.1.